The molecule has 1 aliphatic heterocycles. The molecular weight excluding hydrogens is 545 g/mol. The maximum Gasteiger partial charge on any atom is 0.413 e. The fraction of sp³-hybridized carbons (Fsp3) is 0.520. The molecule has 0 bridgehead atoms. The maximum atomic E-state index is 15.5. The highest BCUT2D eigenvalue weighted by Crippen LogP contribution is 2.49. The van der Waals surface area contributed by atoms with Crippen LogP contribution in [0, 0.1) is 17.7 Å². The predicted molar refractivity (Wildman–Crippen MR) is 130 cm³/mol. The van der Waals surface area contributed by atoms with Crippen LogP contribution < -0.4 is 0 Å². The van der Waals surface area contributed by atoms with Crippen LogP contribution in [-0.2, 0) is 20.0 Å². The van der Waals surface area contributed by atoms with E-state index in [0.717, 1.165) is 19.3 Å². The summed E-state index contributed by atoms with van der Waals surface area (Å²) in [6.07, 6.45) is -2.35. The number of amides is 1. The lowest BCUT2D eigenvalue weighted by Gasteiger charge is -2.34. The molecule has 14 heteroatoms. The topological polar surface area (TPSA) is 97.5 Å². The lowest BCUT2D eigenvalue weighted by atomic mass is 9.87. The highest BCUT2D eigenvalue weighted by atomic mass is 32.2. The molecule has 1 aliphatic carbocycles. The fourth-order valence-corrected chi connectivity index (χ4v) is 7.36. The number of rotatable bonds is 4. The molecule has 4 heterocycles. The van der Waals surface area contributed by atoms with Gasteiger partial charge in [-0.2, -0.15) is 17.6 Å². The summed E-state index contributed by atoms with van der Waals surface area (Å²) in [6.45, 7) is 3.74. The molecule has 2 unspecified atom stereocenters. The van der Waals surface area contributed by atoms with E-state index in [9.17, 15) is 30.8 Å². The van der Waals surface area contributed by atoms with Crippen LogP contribution >= 0.6 is 0 Å². The number of alkyl halides is 3. The lowest BCUT2D eigenvalue weighted by Crippen LogP contribution is -2.44. The molecular formula is C25H26F5N5O3S. The van der Waals surface area contributed by atoms with Gasteiger partial charge in [-0.1, -0.05) is 13.8 Å². The second-order valence-electron chi connectivity index (χ2n) is 10.9. The molecule has 5 rings (SSSR count). The molecule has 1 amide bonds. The minimum atomic E-state index is -4.94. The molecule has 0 spiro atoms. The normalized spacial score (nSPS) is 21.6. The first kappa shape index (κ1) is 27.4. The summed E-state index contributed by atoms with van der Waals surface area (Å²) in [5.74, 6) is -4.66. The monoisotopic (exact) mass is 571 g/mol. The highest BCUT2D eigenvalue weighted by Gasteiger charge is 2.48. The van der Waals surface area contributed by atoms with E-state index < -0.39 is 62.5 Å². The van der Waals surface area contributed by atoms with Gasteiger partial charge in [0.25, 0.3) is 0 Å². The zero-order chi connectivity index (χ0) is 28.5. The highest BCUT2D eigenvalue weighted by molar-refractivity contribution is 7.91. The molecule has 3 aromatic rings. The Balaban J connectivity index is 1.48. The third-order valence-corrected chi connectivity index (χ3v) is 9.41. The van der Waals surface area contributed by atoms with Gasteiger partial charge < -0.3 is 4.90 Å². The Morgan fingerprint density at radius 3 is 2.41 bits per heavy atom. The van der Waals surface area contributed by atoms with Crippen LogP contribution in [0.4, 0.5) is 22.0 Å². The third kappa shape index (κ3) is 4.87. The number of carbonyl (C=O) groups excluding carboxylic acids is 1. The molecule has 2 aliphatic rings. The van der Waals surface area contributed by atoms with Crippen LogP contribution in [0.5, 0.6) is 0 Å². The minimum absolute atomic E-state index is 0.0695. The molecule has 210 valence electrons. The number of sulfone groups is 1. The maximum absolute atomic E-state index is 15.5. The van der Waals surface area contributed by atoms with E-state index in [2.05, 4.69) is 15.1 Å². The number of fused-ring (bicyclic) bond motifs is 3. The Morgan fingerprint density at radius 1 is 1.13 bits per heavy atom. The van der Waals surface area contributed by atoms with E-state index in [1.165, 1.54) is 16.8 Å². The summed E-state index contributed by atoms with van der Waals surface area (Å²) < 4.78 is 96.7. The van der Waals surface area contributed by atoms with Gasteiger partial charge in [0, 0.05) is 53.9 Å². The van der Waals surface area contributed by atoms with Crippen molar-refractivity contribution in [1.29, 1.82) is 0 Å². The summed E-state index contributed by atoms with van der Waals surface area (Å²) in [6, 6.07) is -0.570. The Labute approximate surface area is 221 Å². The van der Waals surface area contributed by atoms with E-state index in [4.69, 9.17) is 0 Å². The van der Waals surface area contributed by atoms with Crippen LogP contribution in [0.2, 0.25) is 0 Å². The lowest BCUT2D eigenvalue weighted by molar-refractivity contribution is -0.190. The van der Waals surface area contributed by atoms with E-state index >= 15 is 4.39 Å². The average Bonchev–Trinajstić information content (AvgIpc) is 3.33. The van der Waals surface area contributed by atoms with Crippen molar-refractivity contribution in [3.63, 3.8) is 0 Å². The number of aromatic nitrogens is 4. The van der Waals surface area contributed by atoms with Gasteiger partial charge in [0.05, 0.1) is 22.9 Å². The smallest absolute Gasteiger partial charge is 0.330 e. The first-order valence-corrected chi connectivity index (χ1v) is 14.1. The fourth-order valence-electron chi connectivity index (χ4n) is 5.87. The minimum Gasteiger partial charge on any atom is -0.330 e. The van der Waals surface area contributed by atoms with Gasteiger partial charge in [0.2, 0.25) is 11.9 Å². The number of hydrogen-bond acceptors (Lipinski definition) is 6. The molecule has 8 nitrogen and oxygen atoms in total. The Bertz CT molecular complexity index is 1560. The summed E-state index contributed by atoms with van der Waals surface area (Å²) in [7, 11) is -2.34. The third-order valence-electron chi connectivity index (χ3n) is 7.70. The molecule has 39 heavy (non-hydrogen) atoms. The van der Waals surface area contributed by atoms with Crippen molar-refractivity contribution >= 4 is 21.4 Å². The van der Waals surface area contributed by atoms with Crippen LogP contribution in [-0.4, -0.2) is 63.5 Å². The van der Waals surface area contributed by atoms with E-state index in [0.29, 0.717) is 22.6 Å². The average molecular weight is 572 g/mol. The molecule has 2 atom stereocenters. The summed E-state index contributed by atoms with van der Waals surface area (Å²) in [5, 5.41) is 3.86. The van der Waals surface area contributed by atoms with Crippen molar-refractivity contribution in [3.8, 4) is 0 Å². The zero-order valence-electron chi connectivity index (χ0n) is 21.3. The standard InChI is InChI=1S/C25H26F5N5O3S/c1-24(2)10-15(16-12-31-19-9-18(27)33-35(19)22(16)24)20-17(26)8-14(11-32-20)21(25(28,29)30)34(3)23(36)13-4-6-39(37,38)7-5-13/h8-9,11-13,15,21H,4-7,10H2,1-3H3. The van der Waals surface area contributed by atoms with Gasteiger partial charge in [-0.15, -0.1) is 5.10 Å². The molecule has 0 saturated carbocycles. The van der Waals surface area contributed by atoms with Gasteiger partial charge in [-0.25, -0.2) is 22.3 Å². The second-order valence-corrected chi connectivity index (χ2v) is 13.2. The predicted octanol–water partition coefficient (Wildman–Crippen LogP) is 4.10. The Hall–Kier alpha value is -3.16. The van der Waals surface area contributed by atoms with Gasteiger partial charge in [-0.05, 0) is 25.3 Å². The van der Waals surface area contributed by atoms with Crippen molar-refractivity contribution in [2.45, 2.75) is 56.7 Å². The van der Waals surface area contributed by atoms with E-state index in [1.54, 1.807) is 0 Å². The number of hydrogen-bond donors (Lipinski definition) is 0. The van der Waals surface area contributed by atoms with E-state index in [-0.39, 0.29) is 35.7 Å². The molecule has 0 radical (unpaired) electrons. The van der Waals surface area contributed by atoms with Crippen molar-refractivity contribution in [3.05, 3.63) is 58.8 Å². The summed E-state index contributed by atoms with van der Waals surface area (Å²) in [5.41, 5.74) is 0.192. The van der Waals surface area contributed by atoms with Crippen molar-refractivity contribution in [1.82, 2.24) is 24.5 Å². The largest absolute Gasteiger partial charge is 0.413 e. The molecule has 0 N–H and O–H groups in total. The molecule has 1 saturated heterocycles. The van der Waals surface area contributed by atoms with E-state index in [1.807, 2.05) is 13.8 Å². The number of pyridine rings is 1. The van der Waals surface area contributed by atoms with Crippen LogP contribution in [0.3, 0.4) is 0 Å². The molecule has 0 aromatic carbocycles. The van der Waals surface area contributed by atoms with Crippen molar-refractivity contribution < 1.29 is 35.2 Å². The number of carbonyl (C=O) groups is 1. The first-order chi connectivity index (χ1) is 18.1. The van der Waals surface area contributed by atoms with Gasteiger partial charge in [-0.3, -0.25) is 9.78 Å². The van der Waals surface area contributed by atoms with Crippen LogP contribution in [0.25, 0.3) is 5.65 Å². The van der Waals surface area contributed by atoms with Gasteiger partial charge in [0.15, 0.2) is 11.7 Å². The van der Waals surface area contributed by atoms with Crippen LogP contribution in [0.1, 0.15) is 67.6 Å². The SMILES string of the molecule is CN(C(=O)C1CCS(=O)(=O)CC1)C(c1cnc(C2CC(C)(C)c3c2cnc2cc(F)nn32)c(F)c1)C(F)(F)F. The summed E-state index contributed by atoms with van der Waals surface area (Å²) >= 11 is 0. The summed E-state index contributed by atoms with van der Waals surface area (Å²) in [4.78, 5) is 21.7. The van der Waals surface area contributed by atoms with Crippen molar-refractivity contribution in [2.24, 2.45) is 5.92 Å². The Kier molecular flexibility index (Phi) is 6.47. The zero-order valence-corrected chi connectivity index (χ0v) is 22.2. The van der Waals surface area contributed by atoms with Crippen LogP contribution in [0.15, 0.2) is 24.5 Å². The second kappa shape index (κ2) is 9.20. The first-order valence-electron chi connectivity index (χ1n) is 12.3. The van der Waals surface area contributed by atoms with Gasteiger partial charge >= 0.3 is 6.18 Å². The molecule has 1 fully saturated rings. The Morgan fingerprint density at radius 2 is 1.79 bits per heavy atom. The molecule has 3 aromatic heterocycles. The quantitative estimate of drug-likeness (QED) is 0.438. The number of nitrogens with zero attached hydrogens (tertiary/aromatic N) is 5. The van der Waals surface area contributed by atoms with Crippen molar-refractivity contribution in [2.75, 3.05) is 18.6 Å². The van der Waals surface area contributed by atoms with Gasteiger partial charge in [0.1, 0.15) is 15.7 Å². The number of halogens is 5.